The summed E-state index contributed by atoms with van der Waals surface area (Å²) in [6.45, 7) is 2.91. The Morgan fingerprint density at radius 1 is 1.47 bits per heavy atom. The molecule has 0 spiro atoms. The van der Waals surface area contributed by atoms with Gasteiger partial charge in [0, 0.05) is 17.2 Å². The van der Waals surface area contributed by atoms with Gasteiger partial charge in [0.2, 0.25) is 0 Å². The molecule has 5 heteroatoms. The lowest BCUT2D eigenvalue weighted by Gasteiger charge is -2.24. The summed E-state index contributed by atoms with van der Waals surface area (Å²) < 4.78 is 22.6. The van der Waals surface area contributed by atoms with E-state index in [-0.39, 0.29) is 4.90 Å². The maximum absolute atomic E-state index is 11.3. The van der Waals surface area contributed by atoms with Gasteiger partial charge in [0.15, 0.2) is 0 Å². The van der Waals surface area contributed by atoms with Crippen LogP contribution in [0.25, 0.3) is 0 Å². The molecule has 3 nitrogen and oxygen atoms in total. The van der Waals surface area contributed by atoms with Crippen molar-refractivity contribution in [2.45, 2.75) is 18.2 Å². The Balaban J connectivity index is 2.56. The van der Waals surface area contributed by atoms with E-state index < -0.39 is 9.05 Å². The lowest BCUT2D eigenvalue weighted by molar-refractivity contribution is 0.588. The molecule has 0 saturated heterocycles. The molecule has 1 N–H and O–H groups in total. The van der Waals surface area contributed by atoms with Crippen LogP contribution in [-0.2, 0) is 15.5 Å². The van der Waals surface area contributed by atoms with Gasteiger partial charge in [-0.05, 0) is 24.0 Å². The highest BCUT2D eigenvalue weighted by molar-refractivity contribution is 8.13. The maximum Gasteiger partial charge on any atom is 0.263 e. The predicted molar refractivity (Wildman–Crippen MR) is 60.8 cm³/mol. The molecule has 1 aromatic carbocycles. The highest BCUT2D eigenvalue weighted by Crippen LogP contribution is 2.32. The Hall–Kier alpha value is -0.740. The third-order valence-electron chi connectivity index (χ3n) is 2.57. The van der Waals surface area contributed by atoms with Crippen LogP contribution in [0.3, 0.4) is 0 Å². The molecule has 15 heavy (non-hydrogen) atoms. The van der Waals surface area contributed by atoms with Crippen LogP contribution in [0.2, 0.25) is 0 Å². The second-order valence-corrected chi connectivity index (χ2v) is 6.45. The maximum atomic E-state index is 11.3. The first-order chi connectivity index (χ1) is 6.98. The second kappa shape index (κ2) is 3.68. The molecule has 0 amide bonds. The van der Waals surface area contributed by atoms with Crippen LogP contribution in [-0.4, -0.2) is 15.0 Å². The smallest absolute Gasteiger partial charge is 0.263 e. The van der Waals surface area contributed by atoms with Crippen LogP contribution < -0.4 is 5.32 Å². The summed E-state index contributed by atoms with van der Waals surface area (Å²) >= 11 is 0. The molecular formula is C10H12ClNO2S. The summed E-state index contributed by atoms with van der Waals surface area (Å²) in [6, 6.07) is 5.20. The van der Waals surface area contributed by atoms with Gasteiger partial charge in [-0.1, -0.05) is 19.1 Å². The molecule has 0 aliphatic carbocycles. The molecule has 1 atom stereocenters. The van der Waals surface area contributed by atoms with E-state index in [0.717, 1.165) is 18.5 Å². The van der Waals surface area contributed by atoms with Crippen molar-refractivity contribution in [2.24, 2.45) is 5.92 Å². The van der Waals surface area contributed by atoms with E-state index >= 15 is 0 Å². The third kappa shape index (κ3) is 2.11. The van der Waals surface area contributed by atoms with E-state index in [1.807, 2.05) is 6.07 Å². The van der Waals surface area contributed by atoms with Crippen LogP contribution in [0.5, 0.6) is 0 Å². The van der Waals surface area contributed by atoms with Crippen LogP contribution in [0.4, 0.5) is 5.69 Å². The molecule has 0 bridgehead atoms. The van der Waals surface area contributed by atoms with Crippen molar-refractivity contribution in [2.75, 3.05) is 11.9 Å². The number of nitrogens with one attached hydrogen (secondary N) is 1. The van der Waals surface area contributed by atoms with Gasteiger partial charge in [0.25, 0.3) is 9.05 Å². The molecule has 1 aliphatic heterocycles. The Morgan fingerprint density at radius 3 is 2.87 bits per heavy atom. The zero-order valence-electron chi connectivity index (χ0n) is 8.33. The van der Waals surface area contributed by atoms with E-state index in [1.54, 1.807) is 6.07 Å². The first-order valence-electron chi connectivity index (χ1n) is 4.79. The number of halogens is 1. The Bertz CT molecular complexity index is 484. The van der Waals surface area contributed by atoms with Crippen LogP contribution in [0.1, 0.15) is 12.5 Å². The largest absolute Gasteiger partial charge is 0.383 e. The van der Waals surface area contributed by atoms with Crippen molar-refractivity contribution < 1.29 is 8.42 Å². The zero-order valence-corrected chi connectivity index (χ0v) is 9.90. The fourth-order valence-electron chi connectivity index (χ4n) is 1.87. The van der Waals surface area contributed by atoms with Crippen molar-refractivity contribution in [3.63, 3.8) is 0 Å². The fraction of sp³-hybridized carbons (Fsp3) is 0.400. The van der Waals surface area contributed by atoms with Crippen molar-refractivity contribution in [1.82, 2.24) is 0 Å². The SMILES string of the molecule is CC1CNc2c(cccc2S(=O)(=O)Cl)C1. The van der Waals surface area contributed by atoms with E-state index in [9.17, 15) is 8.42 Å². The lowest BCUT2D eigenvalue weighted by Crippen LogP contribution is -2.22. The molecule has 1 heterocycles. The topological polar surface area (TPSA) is 46.2 Å². The summed E-state index contributed by atoms with van der Waals surface area (Å²) in [4.78, 5) is 0.188. The molecular weight excluding hydrogens is 234 g/mol. The van der Waals surface area contributed by atoms with Crippen molar-refractivity contribution in [3.8, 4) is 0 Å². The lowest BCUT2D eigenvalue weighted by atomic mass is 9.96. The number of hydrogen-bond acceptors (Lipinski definition) is 3. The van der Waals surface area contributed by atoms with Crippen molar-refractivity contribution in [3.05, 3.63) is 23.8 Å². The average molecular weight is 246 g/mol. The van der Waals surface area contributed by atoms with Gasteiger partial charge < -0.3 is 5.32 Å². The molecule has 0 aromatic heterocycles. The quantitative estimate of drug-likeness (QED) is 0.772. The number of benzene rings is 1. The predicted octanol–water partition coefficient (Wildman–Crippen LogP) is 2.22. The number of rotatable bonds is 1. The second-order valence-electron chi connectivity index (χ2n) is 3.92. The molecule has 2 rings (SSSR count). The minimum Gasteiger partial charge on any atom is -0.383 e. The number of hydrogen-bond donors (Lipinski definition) is 1. The van der Waals surface area contributed by atoms with Crippen molar-refractivity contribution >= 4 is 25.4 Å². The van der Waals surface area contributed by atoms with E-state index in [4.69, 9.17) is 10.7 Å². The number of para-hydroxylation sites is 1. The van der Waals surface area contributed by atoms with E-state index in [1.165, 1.54) is 6.07 Å². The summed E-state index contributed by atoms with van der Waals surface area (Å²) in [5, 5.41) is 3.12. The number of fused-ring (bicyclic) bond motifs is 1. The van der Waals surface area contributed by atoms with Crippen molar-refractivity contribution in [1.29, 1.82) is 0 Å². The summed E-state index contributed by atoms with van der Waals surface area (Å²) in [7, 11) is 1.71. The molecule has 1 aliphatic rings. The molecule has 82 valence electrons. The Kier molecular flexibility index (Phi) is 2.64. The summed E-state index contributed by atoms with van der Waals surface area (Å²) in [5.74, 6) is 0.519. The van der Waals surface area contributed by atoms with Gasteiger partial charge in [-0.2, -0.15) is 0 Å². The van der Waals surface area contributed by atoms with E-state index in [0.29, 0.717) is 11.6 Å². The third-order valence-corrected chi connectivity index (χ3v) is 3.94. The molecule has 1 unspecified atom stereocenters. The van der Waals surface area contributed by atoms with Crippen LogP contribution >= 0.6 is 10.7 Å². The van der Waals surface area contributed by atoms with Crippen LogP contribution in [0, 0.1) is 5.92 Å². The Morgan fingerprint density at radius 2 is 2.20 bits per heavy atom. The average Bonchev–Trinajstić information content (AvgIpc) is 2.15. The van der Waals surface area contributed by atoms with E-state index in [2.05, 4.69) is 12.2 Å². The van der Waals surface area contributed by atoms with Gasteiger partial charge in [0.05, 0.1) is 5.69 Å². The van der Waals surface area contributed by atoms with Gasteiger partial charge in [-0.15, -0.1) is 0 Å². The van der Waals surface area contributed by atoms with Crippen LogP contribution in [0.15, 0.2) is 23.1 Å². The summed E-state index contributed by atoms with van der Waals surface area (Å²) in [5.41, 5.74) is 1.70. The Labute approximate surface area is 93.9 Å². The highest BCUT2D eigenvalue weighted by atomic mass is 35.7. The first kappa shape index (κ1) is 10.8. The van der Waals surface area contributed by atoms with Gasteiger partial charge in [-0.3, -0.25) is 0 Å². The highest BCUT2D eigenvalue weighted by Gasteiger charge is 2.22. The first-order valence-corrected chi connectivity index (χ1v) is 7.10. The molecule has 0 fully saturated rings. The molecule has 1 aromatic rings. The standard InChI is InChI=1S/C10H12ClNO2S/c1-7-5-8-3-2-4-9(15(11,13)14)10(8)12-6-7/h2-4,7,12H,5-6H2,1H3. The normalized spacial score (nSPS) is 20.5. The van der Waals surface area contributed by atoms with Gasteiger partial charge in [-0.25, -0.2) is 8.42 Å². The minimum atomic E-state index is -3.65. The monoisotopic (exact) mass is 245 g/mol. The minimum absolute atomic E-state index is 0.188. The number of anilines is 1. The van der Waals surface area contributed by atoms with Gasteiger partial charge >= 0.3 is 0 Å². The molecule has 0 saturated carbocycles. The zero-order chi connectivity index (χ0) is 11.1. The van der Waals surface area contributed by atoms with Gasteiger partial charge in [0.1, 0.15) is 4.90 Å². The summed E-state index contributed by atoms with van der Waals surface area (Å²) in [6.07, 6.45) is 0.891. The fourth-order valence-corrected chi connectivity index (χ4v) is 2.95. The molecule has 0 radical (unpaired) electrons.